The van der Waals surface area contributed by atoms with Gasteiger partial charge in [0.1, 0.15) is 5.82 Å². The van der Waals surface area contributed by atoms with Gasteiger partial charge in [-0.05, 0) is 48.7 Å². The molecule has 2 aromatic heterocycles. The van der Waals surface area contributed by atoms with Crippen molar-refractivity contribution in [2.45, 2.75) is 12.8 Å². The standard InChI is InChI=1S/C24H20N4O/c29-24(27-20-10-3-7-18-8-4-14-25-23(18)20)19-12-13-22(26-16-19)28-15-5-9-17-6-1-2-11-21(17)28/h1-4,6-8,10-14,16H,5,9,15H2,(H,27,29). The fourth-order valence-electron chi connectivity index (χ4n) is 3.85. The third-order valence-electron chi connectivity index (χ3n) is 5.28. The Hall–Kier alpha value is -3.73. The van der Waals surface area contributed by atoms with E-state index in [1.807, 2.05) is 42.5 Å². The maximum Gasteiger partial charge on any atom is 0.257 e. The SMILES string of the molecule is O=C(Nc1cccc2cccnc12)c1ccc(N2CCCc3ccccc32)nc1. The molecular weight excluding hydrogens is 360 g/mol. The van der Waals surface area contributed by atoms with Gasteiger partial charge in [0.25, 0.3) is 5.91 Å². The molecule has 0 unspecified atom stereocenters. The number of anilines is 3. The molecule has 1 aliphatic heterocycles. The number of carbonyl (C=O) groups is 1. The lowest BCUT2D eigenvalue weighted by atomic mass is 10.0. The van der Waals surface area contributed by atoms with Crippen molar-refractivity contribution in [3.63, 3.8) is 0 Å². The van der Waals surface area contributed by atoms with Gasteiger partial charge in [0, 0.05) is 30.0 Å². The van der Waals surface area contributed by atoms with Crippen LogP contribution >= 0.6 is 0 Å². The van der Waals surface area contributed by atoms with Crippen LogP contribution in [0.5, 0.6) is 0 Å². The van der Waals surface area contributed by atoms with E-state index in [0.717, 1.165) is 36.1 Å². The van der Waals surface area contributed by atoms with Crippen LogP contribution in [0.2, 0.25) is 0 Å². The highest BCUT2D eigenvalue weighted by molar-refractivity contribution is 6.08. The van der Waals surface area contributed by atoms with Crippen LogP contribution in [0.15, 0.2) is 79.1 Å². The second-order valence-corrected chi connectivity index (χ2v) is 7.12. The summed E-state index contributed by atoms with van der Waals surface area (Å²) < 4.78 is 0. The van der Waals surface area contributed by atoms with Crippen LogP contribution in [0.3, 0.4) is 0 Å². The number of pyridine rings is 2. The lowest BCUT2D eigenvalue weighted by molar-refractivity contribution is 0.102. The first kappa shape index (κ1) is 17.4. The number of hydrogen-bond acceptors (Lipinski definition) is 4. The van der Waals surface area contributed by atoms with E-state index in [1.165, 1.54) is 11.3 Å². The van der Waals surface area contributed by atoms with Gasteiger partial charge in [0.2, 0.25) is 0 Å². The molecule has 0 radical (unpaired) electrons. The van der Waals surface area contributed by atoms with E-state index in [4.69, 9.17) is 0 Å². The number of para-hydroxylation sites is 2. The number of benzene rings is 2. The molecule has 0 bridgehead atoms. The number of aryl methyl sites for hydroxylation is 1. The van der Waals surface area contributed by atoms with Gasteiger partial charge < -0.3 is 10.2 Å². The molecule has 3 heterocycles. The minimum Gasteiger partial charge on any atom is -0.326 e. The van der Waals surface area contributed by atoms with Gasteiger partial charge in [-0.1, -0.05) is 36.4 Å². The Morgan fingerprint density at radius 1 is 0.931 bits per heavy atom. The molecule has 5 rings (SSSR count). The summed E-state index contributed by atoms with van der Waals surface area (Å²) >= 11 is 0. The van der Waals surface area contributed by atoms with Crippen molar-refractivity contribution in [3.05, 3.63) is 90.3 Å². The summed E-state index contributed by atoms with van der Waals surface area (Å²) in [6.07, 6.45) is 5.55. The molecule has 1 aliphatic rings. The molecule has 142 valence electrons. The van der Waals surface area contributed by atoms with E-state index in [-0.39, 0.29) is 5.91 Å². The Bertz CT molecular complexity index is 1180. The van der Waals surface area contributed by atoms with Crippen LogP contribution < -0.4 is 10.2 Å². The van der Waals surface area contributed by atoms with Gasteiger partial charge in [0.15, 0.2) is 0 Å². The van der Waals surface area contributed by atoms with E-state index in [0.29, 0.717) is 11.3 Å². The van der Waals surface area contributed by atoms with Crippen LogP contribution in [0.1, 0.15) is 22.3 Å². The molecule has 0 spiro atoms. The first-order valence-corrected chi connectivity index (χ1v) is 9.76. The summed E-state index contributed by atoms with van der Waals surface area (Å²) in [4.78, 5) is 23.9. The fourth-order valence-corrected chi connectivity index (χ4v) is 3.85. The van der Waals surface area contributed by atoms with Gasteiger partial charge in [-0.3, -0.25) is 9.78 Å². The summed E-state index contributed by atoms with van der Waals surface area (Å²) in [5, 5.41) is 3.95. The summed E-state index contributed by atoms with van der Waals surface area (Å²) in [5.74, 6) is 0.668. The molecule has 2 aromatic carbocycles. The van der Waals surface area contributed by atoms with Crippen LogP contribution in [0, 0.1) is 0 Å². The Kier molecular flexibility index (Phi) is 4.41. The number of carbonyl (C=O) groups excluding carboxylic acids is 1. The van der Waals surface area contributed by atoms with Crippen LogP contribution in [-0.4, -0.2) is 22.4 Å². The second kappa shape index (κ2) is 7.36. The Balaban J connectivity index is 1.39. The monoisotopic (exact) mass is 380 g/mol. The lowest BCUT2D eigenvalue weighted by Crippen LogP contribution is -2.25. The lowest BCUT2D eigenvalue weighted by Gasteiger charge is -2.30. The van der Waals surface area contributed by atoms with Crippen LogP contribution in [0.25, 0.3) is 10.9 Å². The van der Waals surface area contributed by atoms with E-state index < -0.39 is 0 Å². The van der Waals surface area contributed by atoms with Crippen molar-refractivity contribution < 1.29 is 4.79 Å². The molecule has 1 amide bonds. The average Bonchev–Trinajstić information content (AvgIpc) is 2.79. The van der Waals surface area contributed by atoms with Crippen molar-refractivity contribution in [1.82, 2.24) is 9.97 Å². The molecule has 5 nitrogen and oxygen atoms in total. The van der Waals surface area contributed by atoms with Gasteiger partial charge >= 0.3 is 0 Å². The zero-order chi connectivity index (χ0) is 19.6. The molecule has 1 N–H and O–H groups in total. The normalized spacial score (nSPS) is 13.2. The van der Waals surface area contributed by atoms with Crippen molar-refractivity contribution in [3.8, 4) is 0 Å². The molecule has 0 saturated heterocycles. The number of rotatable bonds is 3. The number of aromatic nitrogens is 2. The van der Waals surface area contributed by atoms with Crippen LogP contribution in [0.4, 0.5) is 17.2 Å². The van der Waals surface area contributed by atoms with E-state index >= 15 is 0 Å². The number of amides is 1. The average molecular weight is 380 g/mol. The predicted molar refractivity (Wildman–Crippen MR) is 116 cm³/mol. The Labute approximate surface area is 169 Å². The smallest absolute Gasteiger partial charge is 0.257 e. The third-order valence-corrected chi connectivity index (χ3v) is 5.28. The topological polar surface area (TPSA) is 58.1 Å². The van der Waals surface area contributed by atoms with E-state index in [1.54, 1.807) is 12.4 Å². The Morgan fingerprint density at radius 3 is 2.72 bits per heavy atom. The molecule has 4 aromatic rings. The van der Waals surface area contributed by atoms with Crippen molar-refractivity contribution >= 4 is 34.0 Å². The summed E-state index contributed by atoms with van der Waals surface area (Å²) in [6, 6.07) is 21.8. The molecule has 5 heteroatoms. The zero-order valence-corrected chi connectivity index (χ0v) is 15.9. The van der Waals surface area contributed by atoms with Crippen molar-refractivity contribution in [1.29, 1.82) is 0 Å². The minimum absolute atomic E-state index is 0.193. The molecule has 0 atom stereocenters. The highest BCUT2D eigenvalue weighted by Crippen LogP contribution is 2.32. The zero-order valence-electron chi connectivity index (χ0n) is 15.9. The van der Waals surface area contributed by atoms with Gasteiger partial charge in [-0.25, -0.2) is 4.98 Å². The van der Waals surface area contributed by atoms with Gasteiger partial charge in [-0.2, -0.15) is 0 Å². The summed E-state index contributed by atoms with van der Waals surface area (Å²) in [7, 11) is 0. The quantitative estimate of drug-likeness (QED) is 0.545. The molecular formula is C24H20N4O. The maximum atomic E-state index is 12.8. The maximum absolute atomic E-state index is 12.8. The first-order chi connectivity index (χ1) is 14.3. The number of nitrogens with zero attached hydrogens (tertiary/aromatic N) is 3. The molecule has 0 aliphatic carbocycles. The van der Waals surface area contributed by atoms with Crippen LogP contribution in [-0.2, 0) is 6.42 Å². The van der Waals surface area contributed by atoms with E-state index in [9.17, 15) is 4.79 Å². The largest absolute Gasteiger partial charge is 0.326 e. The highest BCUT2D eigenvalue weighted by atomic mass is 16.1. The molecule has 29 heavy (non-hydrogen) atoms. The van der Waals surface area contributed by atoms with Crippen molar-refractivity contribution in [2.75, 3.05) is 16.8 Å². The number of hydrogen-bond donors (Lipinski definition) is 1. The Morgan fingerprint density at radius 2 is 1.83 bits per heavy atom. The number of nitrogens with one attached hydrogen (secondary N) is 1. The molecule has 0 saturated carbocycles. The summed E-state index contributed by atoms with van der Waals surface area (Å²) in [5.41, 5.74) is 4.53. The van der Waals surface area contributed by atoms with Crippen molar-refractivity contribution in [2.24, 2.45) is 0 Å². The highest BCUT2D eigenvalue weighted by Gasteiger charge is 2.19. The third kappa shape index (κ3) is 3.31. The van der Waals surface area contributed by atoms with Gasteiger partial charge in [-0.15, -0.1) is 0 Å². The van der Waals surface area contributed by atoms with E-state index in [2.05, 4.69) is 44.5 Å². The van der Waals surface area contributed by atoms with Gasteiger partial charge in [0.05, 0.1) is 16.8 Å². The molecule has 0 fully saturated rings. The first-order valence-electron chi connectivity index (χ1n) is 9.76. The second-order valence-electron chi connectivity index (χ2n) is 7.12. The fraction of sp³-hybridized carbons (Fsp3) is 0.125. The summed E-state index contributed by atoms with van der Waals surface area (Å²) in [6.45, 7) is 0.928. The predicted octanol–water partition coefficient (Wildman–Crippen LogP) is 4.97. The number of fused-ring (bicyclic) bond motifs is 2. The minimum atomic E-state index is -0.193.